The number of benzene rings is 2. The van der Waals surface area contributed by atoms with Crippen molar-refractivity contribution in [1.29, 1.82) is 0 Å². The van der Waals surface area contributed by atoms with Crippen LogP contribution < -0.4 is 5.32 Å². The van der Waals surface area contributed by atoms with E-state index in [0.717, 1.165) is 11.3 Å². The van der Waals surface area contributed by atoms with E-state index in [-0.39, 0.29) is 24.9 Å². The van der Waals surface area contributed by atoms with Crippen molar-refractivity contribution in [2.45, 2.75) is 38.5 Å². The number of allylic oxidation sites excluding steroid dienone is 3. The van der Waals surface area contributed by atoms with Gasteiger partial charge in [0.15, 0.2) is 5.78 Å². The molecule has 1 N–H and O–H groups in total. The van der Waals surface area contributed by atoms with Crippen LogP contribution in [0, 0.1) is 5.82 Å². The van der Waals surface area contributed by atoms with Crippen molar-refractivity contribution in [2.24, 2.45) is 0 Å². The summed E-state index contributed by atoms with van der Waals surface area (Å²) in [5, 5.41) is 3.31. The average molecular weight is 450 g/mol. The molecule has 1 heterocycles. The molecule has 33 heavy (non-hydrogen) atoms. The van der Waals surface area contributed by atoms with Gasteiger partial charge in [-0.25, -0.2) is 9.18 Å². The minimum Gasteiger partial charge on any atom is -0.460 e. The molecule has 4 rings (SSSR count). The molecule has 0 fully saturated rings. The fourth-order valence-corrected chi connectivity index (χ4v) is 4.71. The van der Waals surface area contributed by atoms with Gasteiger partial charge < -0.3 is 14.8 Å². The zero-order valence-corrected chi connectivity index (χ0v) is 18.9. The Morgan fingerprint density at radius 1 is 1.06 bits per heavy atom. The normalized spacial score (nSPS) is 20.4. The van der Waals surface area contributed by atoms with Gasteiger partial charge in [0.1, 0.15) is 12.4 Å². The zero-order valence-electron chi connectivity index (χ0n) is 18.9. The fraction of sp³-hybridized carbons (Fsp3) is 0.333. The summed E-state index contributed by atoms with van der Waals surface area (Å²) in [4.78, 5) is 26.6. The quantitative estimate of drug-likeness (QED) is 0.487. The molecule has 1 aliphatic carbocycles. The van der Waals surface area contributed by atoms with Crippen molar-refractivity contribution in [3.05, 3.63) is 94.1 Å². The summed E-state index contributed by atoms with van der Waals surface area (Å²) in [6.45, 7) is 4.59. The topological polar surface area (TPSA) is 64.6 Å². The third-order valence-corrected chi connectivity index (χ3v) is 6.17. The number of carbonyl (C=O) groups is 2. The Morgan fingerprint density at radius 3 is 2.55 bits per heavy atom. The van der Waals surface area contributed by atoms with E-state index in [1.807, 2.05) is 37.3 Å². The summed E-state index contributed by atoms with van der Waals surface area (Å²) >= 11 is 0. The SMILES string of the molecule is CCOCCOC(=O)C1=C(C)NC2=C(C(=O)CC(c3ccccc3)C2)C1c1cccc(F)c1. The van der Waals surface area contributed by atoms with E-state index in [1.165, 1.54) is 12.1 Å². The van der Waals surface area contributed by atoms with Crippen molar-refractivity contribution in [3.8, 4) is 0 Å². The second kappa shape index (κ2) is 10.1. The number of ketones is 1. The molecule has 0 spiro atoms. The third kappa shape index (κ3) is 4.91. The zero-order chi connectivity index (χ0) is 23.4. The van der Waals surface area contributed by atoms with Crippen LogP contribution in [0.1, 0.15) is 49.7 Å². The monoisotopic (exact) mass is 449 g/mol. The second-order valence-electron chi connectivity index (χ2n) is 8.32. The minimum absolute atomic E-state index is 0.0426. The lowest BCUT2D eigenvalue weighted by Gasteiger charge is -2.36. The van der Waals surface area contributed by atoms with Gasteiger partial charge in [-0.3, -0.25) is 4.79 Å². The lowest BCUT2D eigenvalue weighted by molar-refractivity contribution is -0.140. The Hall–Kier alpha value is -3.25. The standard InChI is InChI=1S/C27H28FNO4/c1-3-32-12-13-33-27(31)24-17(2)29-22-15-20(18-8-5-4-6-9-18)16-23(30)26(22)25(24)19-10-7-11-21(28)14-19/h4-11,14,20,25,29H,3,12-13,15-16H2,1-2H3. The van der Waals surface area contributed by atoms with E-state index in [9.17, 15) is 14.0 Å². The first-order chi connectivity index (χ1) is 16.0. The number of ether oxygens (including phenoxy) is 2. The highest BCUT2D eigenvalue weighted by molar-refractivity contribution is 6.04. The third-order valence-electron chi connectivity index (χ3n) is 6.17. The lowest BCUT2D eigenvalue weighted by atomic mass is 9.71. The molecule has 2 aromatic carbocycles. The van der Waals surface area contributed by atoms with E-state index < -0.39 is 17.7 Å². The molecule has 2 aliphatic rings. The van der Waals surface area contributed by atoms with E-state index in [4.69, 9.17) is 9.47 Å². The van der Waals surface area contributed by atoms with E-state index in [2.05, 4.69) is 5.32 Å². The Balaban J connectivity index is 1.72. The summed E-state index contributed by atoms with van der Waals surface area (Å²) in [5.74, 6) is -1.62. The molecule has 2 aromatic rings. The first-order valence-corrected chi connectivity index (χ1v) is 11.3. The van der Waals surface area contributed by atoms with Crippen LogP contribution in [0.25, 0.3) is 0 Å². The molecule has 2 atom stereocenters. The summed E-state index contributed by atoms with van der Waals surface area (Å²) < 4.78 is 24.9. The summed E-state index contributed by atoms with van der Waals surface area (Å²) in [5.41, 5.74) is 3.93. The van der Waals surface area contributed by atoms with Gasteiger partial charge in [-0.05, 0) is 49.4 Å². The summed E-state index contributed by atoms with van der Waals surface area (Å²) in [6.07, 6.45) is 0.975. The maximum Gasteiger partial charge on any atom is 0.336 e. The number of nitrogens with one attached hydrogen (secondary N) is 1. The van der Waals surface area contributed by atoms with Crippen molar-refractivity contribution in [2.75, 3.05) is 19.8 Å². The van der Waals surface area contributed by atoms with Gasteiger partial charge in [0.05, 0.1) is 12.2 Å². The van der Waals surface area contributed by atoms with Crippen LogP contribution in [0.15, 0.2) is 77.1 Å². The predicted molar refractivity (Wildman–Crippen MR) is 123 cm³/mol. The molecule has 0 aromatic heterocycles. The first kappa shape index (κ1) is 22.9. The van der Waals surface area contributed by atoms with Gasteiger partial charge in [-0.1, -0.05) is 42.5 Å². The molecule has 0 radical (unpaired) electrons. The number of rotatable bonds is 7. The first-order valence-electron chi connectivity index (χ1n) is 11.3. The molecule has 0 bridgehead atoms. The molecule has 0 saturated carbocycles. The average Bonchev–Trinajstić information content (AvgIpc) is 2.81. The van der Waals surface area contributed by atoms with Crippen LogP contribution >= 0.6 is 0 Å². The van der Waals surface area contributed by atoms with Gasteiger partial charge in [0, 0.05) is 35.9 Å². The molecule has 2 unspecified atom stereocenters. The Labute approximate surface area is 193 Å². The highest BCUT2D eigenvalue weighted by Crippen LogP contribution is 2.45. The smallest absolute Gasteiger partial charge is 0.336 e. The van der Waals surface area contributed by atoms with Crippen LogP contribution in [-0.4, -0.2) is 31.6 Å². The molecule has 1 aliphatic heterocycles. The molecule has 0 saturated heterocycles. The van der Waals surface area contributed by atoms with Crippen LogP contribution in [-0.2, 0) is 19.1 Å². The number of hydrogen-bond acceptors (Lipinski definition) is 5. The number of halogens is 1. The van der Waals surface area contributed by atoms with Gasteiger partial charge in [-0.2, -0.15) is 0 Å². The van der Waals surface area contributed by atoms with Crippen LogP contribution in [0.3, 0.4) is 0 Å². The van der Waals surface area contributed by atoms with Gasteiger partial charge in [-0.15, -0.1) is 0 Å². The van der Waals surface area contributed by atoms with E-state index in [0.29, 0.717) is 41.9 Å². The van der Waals surface area contributed by atoms with Crippen LogP contribution in [0.2, 0.25) is 0 Å². The van der Waals surface area contributed by atoms with Crippen molar-refractivity contribution in [1.82, 2.24) is 5.32 Å². The molecular weight excluding hydrogens is 421 g/mol. The van der Waals surface area contributed by atoms with Crippen LogP contribution in [0.5, 0.6) is 0 Å². The van der Waals surface area contributed by atoms with Crippen molar-refractivity contribution < 1.29 is 23.5 Å². The largest absolute Gasteiger partial charge is 0.460 e. The van der Waals surface area contributed by atoms with E-state index in [1.54, 1.807) is 19.1 Å². The maximum atomic E-state index is 14.2. The number of carbonyl (C=O) groups excluding carboxylic acids is 2. The Kier molecular flexibility index (Phi) is 7.04. The van der Waals surface area contributed by atoms with Gasteiger partial charge >= 0.3 is 5.97 Å². The predicted octanol–water partition coefficient (Wildman–Crippen LogP) is 4.77. The van der Waals surface area contributed by atoms with Gasteiger partial charge in [0.25, 0.3) is 0 Å². The Morgan fingerprint density at radius 2 is 1.82 bits per heavy atom. The second-order valence-corrected chi connectivity index (χ2v) is 8.32. The number of Topliss-reactive ketones (excluding diaryl/α,β-unsaturated/α-hetero) is 1. The fourth-order valence-electron chi connectivity index (χ4n) is 4.71. The number of dihydropyridines is 1. The molecule has 172 valence electrons. The summed E-state index contributed by atoms with van der Waals surface area (Å²) in [6, 6.07) is 16.0. The van der Waals surface area contributed by atoms with Crippen molar-refractivity contribution >= 4 is 11.8 Å². The highest BCUT2D eigenvalue weighted by atomic mass is 19.1. The Bertz CT molecular complexity index is 1110. The molecule has 5 nitrogen and oxygen atoms in total. The summed E-state index contributed by atoms with van der Waals surface area (Å²) in [7, 11) is 0. The maximum absolute atomic E-state index is 14.2. The minimum atomic E-state index is -0.680. The number of esters is 1. The van der Waals surface area contributed by atoms with Crippen molar-refractivity contribution in [3.63, 3.8) is 0 Å². The highest BCUT2D eigenvalue weighted by Gasteiger charge is 2.41. The van der Waals surface area contributed by atoms with Gasteiger partial charge in [0.2, 0.25) is 0 Å². The molecular formula is C27H28FNO4. The van der Waals surface area contributed by atoms with Crippen LogP contribution in [0.4, 0.5) is 4.39 Å². The lowest BCUT2D eigenvalue weighted by Crippen LogP contribution is -2.36. The molecule has 0 amide bonds. The molecule has 6 heteroatoms. The number of hydrogen-bond donors (Lipinski definition) is 1. The van der Waals surface area contributed by atoms with E-state index >= 15 is 0 Å².